The fraction of sp³-hybridized carbons (Fsp3) is 0.464. The van der Waals surface area contributed by atoms with Crippen LogP contribution in [0.2, 0.25) is 0 Å². The molecule has 2 heterocycles. The van der Waals surface area contributed by atoms with Gasteiger partial charge in [-0.25, -0.2) is 0 Å². The maximum atomic E-state index is 13.0. The number of benzene rings is 1. The van der Waals surface area contributed by atoms with Crippen LogP contribution in [0.1, 0.15) is 79.1 Å². The van der Waals surface area contributed by atoms with Gasteiger partial charge in [0.25, 0.3) is 5.91 Å². The van der Waals surface area contributed by atoms with Gasteiger partial charge in [0.05, 0.1) is 14.2 Å². The highest BCUT2D eigenvalue weighted by Crippen LogP contribution is 2.46. The number of rotatable bonds is 7. The van der Waals surface area contributed by atoms with Crippen LogP contribution in [0.5, 0.6) is 11.8 Å². The summed E-state index contributed by atoms with van der Waals surface area (Å²) < 4.78 is 16.6. The minimum Gasteiger partial charge on any atom is -0.479 e. The van der Waals surface area contributed by atoms with Crippen LogP contribution in [-0.2, 0) is 17.3 Å². The molecule has 0 aliphatic heterocycles. The first-order valence-electron chi connectivity index (χ1n) is 12.2. The second-order valence-corrected chi connectivity index (χ2v) is 10.7. The van der Waals surface area contributed by atoms with Crippen LogP contribution >= 0.6 is 0 Å². The highest BCUT2D eigenvalue weighted by molar-refractivity contribution is 6.03. The van der Waals surface area contributed by atoms with Gasteiger partial charge < -0.3 is 24.5 Å². The molecule has 1 aliphatic rings. The van der Waals surface area contributed by atoms with Gasteiger partial charge in [0, 0.05) is 13.5 Å². The first-order chi connectivity index (χ1) is 17.0. The maximum absolute atomic E-state index is 13.0. The highest BCUT2D eigenvalue weighted by Gasteiger charge is 2.37. The zero-order valence-corrected chi connectivity index (χ0v) is 22.5. The first-order valence-corrected chi connectivity index (χ1v) is 12.2. The number of hydrogen-bond acceptors (Lipinski definition) is 7. The molecule has 3 aromatic rings. The largest absolute Gasteiger partial charge is 0.479 e. The van der Waals surface area contributed by atoms with Crippen molar-refractivity contribution in [2.45, 2.75) is 64.7 Å². The van der Waals surface area contributed by atoms with Crippen molar-refractivity contribution in [1.82, 2.24) is 9.97 Å². The zero-order chi connectivity index (χ0) is 26.3. The van der Waals surface area contributed by atoms with E-state index >= 15 is 0 Å². The summed E-state index contributed by atoms with van der Waals surface area (Å²) in [5.74, 6) is 1.14. The van der Waals surface area contributed by atoms with Crippen molar-refractivity contribution in [1.29, 1.82) is 0 Å². The van der Waals surface area contributed by atoms with Crippen LogP contribution in [0.15, 0.2) is 28.7 Å². The Morgan fingerprint density at radius 1 is 1.00 bits per heavy atom. The number of aromatic nitrogens is 2. The summed E-state index contributed by atoms with van der Waals surface area (Å²) in [4.78, 5) is 21.4. The lowest BCUT2D eigenvalue weighted by Crippen LogP contribution is -2.34. The number of hydrogen-bond donors (Lipinski definition) is 2. The molecule has 0 bridgehead atoms. The summed E-state index contributed by atoms with van der Waals surface area (Å²) in [5, 5.41) is 5.60. The molecular formula is C28H36N4O4. The molecule has 36 heavy (non-hydrogen) atoms. The molecule has 2 aromatic heterocycles. The molecule has 192 valence electrons. The fourth-order valence-corrected chi connectivity index (χ4v) is 4.85. The topological polar surface area (TPSA) is 98.5 Å². The fourth-order valence-electron chi connectivity index (χ4n) is 4.85. The van der Waals surface area contributed by atoms with Crippen LogP contribution in [-0.4, -0.2) is 37.1 Å². The number of fused-ring (bicyclic) bond motifs is 1. The number of nitrogens with zero attached hydrogens (tertiary/aromatic N) is 2. The minimum atomic E-state index is -0.441. The van der Waals surface area contributed by atoms with E-state index in [4.69, 9.17) is 13.9 Å². The summed E-state index contributed by atoms with van der Waals surface area (Å²) >= 11 is 0. The average Bonchev–Trinajstić information content (AvgIpc) is 3.31. The molecule has 1 aliphatic carbocycles. The highest BCUT2D eigenvalue weighted by atomic mass is 16.5. The molecule has 1 amide bonds. The summed E-state index contributed by atoms with van der Waals surface area (Å²) in [6.45, 7) is 11.5. The standard InChI is InChI=1S/C28H36N4O4/c1-16-13-19-20(28(4,5)12-11-27(19,2)3)15-17(16)14-18-9-10-21(36-18)23(33)30-22-24(34-7)31-26(29-6)32-25(22)35-8/h9-10,13,15H,11-12,14H2,1-8H3,(H,30,33)(H,29,31,32). The second kappa shape index (κ2) is 9.48. The number of nitrogens with one attached hydrogen (secondary N) is 2. The number of anilines is 2. The summed E-state index contributed by atoms with van der Waals surface area (Å²) in [5.41, 5.74) is 5.82. The molecule has 4 rings (SSSR count). The molecule has 2 N–H and O–H groups in total. The molecule has 0 atom stereocenters. The Morgan fingerprint density at radius 3 is 2.14 bits per heavy atom. The normalized spacial score (nSPS) is 15.7. The lowest BCUT2D eigenvalue weighted by atomic mass is 9.62. The van der Waals surface area contributed by atoms with Crippen molar-refractivity contribution < 1.29 is 18.7 Å². The third-order valence-corrected chi connectivity index (χ3v) is 7.25. The quantitative estimate of drug-likeness (QED) is 0.441. The van der Waals surface area contributed by atoms with Crippen LogP contribution in [0.3, 0.4) is 0 Å². The Kier molecular flexibility index (Phi) is 6.73. The van der Waals surface area contributed by atoms with Gasteiger partial charge >= 0.3 is 0 Å². The van der Waals surface area contributed by atoms with E-state index in [1.165, 1.54) is 42.9 Å². The summed E-state index contributed by atoms with van der Waals surface area (Å²) in [7, 11) is 4.61. The van der Waals surface area contributed by atoms with Crippen molar-refractivity contribution in [3.8, 4) is 11.8 Å². The van der Waals surface area contributed by atoms with E-state index in [1.54, 1.807) is 13.1 Å². The number of carbonyl (C=O) groups is 1. The third kappa shape index (κ3) is 4.76. The number of methoxy groups -OCH3 is 2. The number of furan rings is 1. The van der Waals surface area contributed by atoms with E-state index in [-0.39, 0.29) is 34.0 Å². The molecule has 0 saturated carbocycles. The van der Waals surface area contributed by atoms with Crippen molar-refractivity contribution in [3.05, 3.63) is 58.0 Å². The van der Waals surface area contributed by atoms with Crippen molar-refractivity contribution in [2.24, 2.45) is 0 Å². The average molecular weight is 493 g/mol. The molecular weight excluding hydrogens is 456 g/mol. The van der Waals surface area contributed by atoms with E-state index in [2.05, 4.69) is 67.4 Å². The minimum absolute atomic E-state index is 0.130. The van der Waals surface area contributed by atoms with Gasteiger partial charge in [-0.3, -0.25) is 4.79 Å². The van der Waals surface area contributed by atoms with E-state index in [0.717, 1.165) is 12.2 Å². The number of carbonyl (C=O) groups excluding carboxylic acids is 1. The predicted molar refractivity (Wildman–Crippen MR) is 141 cm³/mol. The van der Waals surface area contributed by atoms with Gasteiger partial charge in [0.1, 0.15) is 5.76 Å². The molecule has 8 heteroatoms. The number of ether oxygens (including phenoxy) is 2. The smallest absolute Gasteiger partial charge is 0.291 e. The van der Waals surface area contributed by atoms with Crippen molar-refractivity contribution in [3.63, 3.8) is 0 Å². The molecule has 0 saturated heterocycles. The van der Waals surface area contributed by atoms with E-state index in [9.17, 15) is 4.79 Å². The van der Waals surface area contributed by atoms with E-state index < -0.39 is 5.91 Å². The molecule has 1 aromatic carbocycles. The van der Waals surface area contributed by atoms with Gasteiger partial charge in [0.2, 0.25) is 17.7 Å². The van der Waals surface area contributed by atoms with Gasteiger partial charge in [-0.2, -0.15) is 9.97 Å². The first kappa shape index (κ1) is 25.5. The monoisotopic (exact) mass is 492 g/mol. The van der Waals surface area contributed by atoms with E-state index in [1.807, 2.05) is 6.07 Å². The predicted octanol–water partition coefficient (Wildman–Crippen LogP) is 5.63. The third-order valence-electron chi connectivity index (χ3n) is 7.25. The molecule has 0 spiro atoms. The number of aryl methyl sites for hydroxylation is 1. The van der Waals surface area contributed by atoms with Crippen LogP contribution in [0.25, 0.3) is 0 Å². The van der Waals surface area contributed by atoms with Gasteiger partial charge in [0.15, 0.2) is 11.4 Å². The van der Waals surface area contributed by atoms with Gasteiger partial charge in [-0.15, -0.1) is 0 Å². The van der Waals surface area contributed by atoms with Crippen molar-refractivity contribution in [2.75, 3.05) is 31.9 Å². The molecule has 0 radical (unpaired) electrons. The Hall–Kier alpha value is -3.55. The SMILES string of the molecule is CNc1nc(OC)c(NC(=O)c2ccc(Cc3cc4c(cc3C)C(C)(C)CCC4(C)C)o2)c(OC)n1. The number of amides is 1. The summed E-state index contributed by atoms with van der Waals surface area (Å²) in [6, 6.07) is 8.20. The van der Waals surface area contributed by atoms with Crippen molar-refractivity contribution >= 4 is 17.5 Å². The molecule has 0 unspecified atom stereocenters. The van der Waals surface area contributed by atoms with Crippen LogP contribution < -0.4 is 20.1 Å². The Bertz CT molecular complexity index is 1270. The molecule has 8 nitrogen and oxygen atoms in total. The lowest BCUT2D eigenvalue weighted by Gasteiger charge is -2.42. The van der Waals surface area contributed by atoms with Crippen LogP contribution in [0.4, 0.5) is 11.6 Å². The Labute approximate surface area is 212 Å². The van der Waals surface area contributed by atoms with Crippen LogP contribution in [0, 0.1) is 6.92 Å². The molecule has 0 fully saturated rings. The maximum Gasteiger partial charge on any atom is 0.291 e. The van der Waals surface area contributed by atoms with Gasteiger partial charge in [-0.05, 0) is 65.0 Å². The Morgan fingerprint density at radius 2 is 1.58 bits per heavy atom. The van der Waals surface area contributed by atoms with E-state index in [0.29, 0.717) is 12.4 Å². The zero-order valence-electron chi connectivity index (χ0n) is 22.5. The van der Waals surface area contributed by atoms with Gasteiger partial charge in [-0.1, -0.05) is 39.8 Å². The second-order valence-electron chi connectivity index (χ2n) is 10.7. The summed E-state index contributed by atoms with van der Waals surface area (Å²) in [6.07, 6.45) is 2.95. The Balaban J connectivity index is 1.58. The lowest BCUT2D eigenvalue weighted by molar-refractivity contribution is 0.0994.